The molecule has 1 aliphatic rings. The first-order valence-corrected chi connectivity index (χ1v) is 7.16. The highest BCUT2D eigenvalue weighted by molar-refractivity contribution is 5.19. The number of nitrogens with zero attached hydrogens (tertiary/aromatic N) is 1. The van der Waals surface area contributed by atoms with E-state index >= 15 is 0 Å². The molecule has 1 heterocycles. The van der Waals surface area contributed by atoms with Crippen molar-refractivity contribution in [1.29, 1.82) is 0 Å². The number of hydrogen-bond donors (Lipinski definition) is 1. The Labute approximate surface area is 121 Å². The van der Waals surface area contributed by atoms with Gasteiger partial charge in [0.1, 0.15) is 5.82 Å². The molecule has 2 unspecified atom stereocenters. The third-order valence-corrected chi connectivity index (χ3v) is 4.00. The molecule has 0 radical (unpaired) electrons. The summed E-state index contributed by atoms with van der Waals surface area (Å²) in [4.78, 5) is 1.81. The molecule has 0 aliphatic carbocycles. The maximum atomic E-state index is 13.1. The van der Waals surface area contributed by atoms with Gasteiger partial charge in [0.05, 0.1) is 5.92 Å². The van der Waals surface area contributed by atoms with Gasteiger partial charge in [0.25, 0.3) is 0 Å². The lowest BCUT2D eigenvalue weighted by Crippen LogP contribution is -2.42. The molecule has 0 saturated carbocycles. The first-order chi connectivity index (χ1) is 9.86. The van der Waals surface area contributed by atoms with Crippen molar-refractivity contribution in [3.05, 3.63) is 35.6 Å². The zero-order valence-electron chi connectivity index (χ0n) is 11.7. The molecule has 118 valence electrons. The van der Waals surface area contributed by atoms with E-state index in [4.69, 9.17) is 5.73 Å². The summed E-state index contributed by atoms with van der Waals surface area (Å²) in [5.74, 6) is -1.59. The number of hydrogen-bond acceptors (Lipinski definition) is 2. The second-order valence-electron chi connectivity index (χ2n) is 5.63. The first-order valence-electron chi connectivity index (χ1n) is 7.16. The monoisotopic (exact) mass is 304 g/mol. The highest BCUT2D eigenvalue weighted by atomic mass is 19.4. The Kier molecular flexibility index (Phi) is 5.22. The number of piperidine rings is 1. The summed E-state index contributed by atoms with van der Waals surface area (Å²) in [5, 5.41) is 0. The Morgan fingerprint density at radius 2 is 2.10 bits per heavy atom. The number of alkyl halides is 3. The zero-order valence-corrected chi connectivity index (χ0v) is 11.7. The number of nitrogens with two attached hydrogens (primary N) is 1. The fraction of sp³-hybridized carbons (Fsp3) is 0.600. The third kappa shape index (κ3) is 4.68. The molecule has 2 rings (SSSR count). The maximum Gasteiger partial charge on any atom is 0.393 e. The van der Waals surface area contributed by atoms with E-state index in [9.17, 15) is 17.6 Å². The quantitative estimate of drug-likeness (QED) is 0.863. The largest absolute Gasteiger partial charge is 0.393 e. The fourth-order valence-electron chi connectivity index (χ4n) is 2.75. The molecule has 2 atom stereocenters. The SMILES string of the molecule is NC(CCN1CCCC(C(F)(F)F)C1)c1cccc(F)c1. The van der Waals surface area contributed by atoms with Gasteiger partial charge >= 0.3 is 6.18 Å². The van der Waals surface area contributed by atoms with Crippen LogP contribution in [0.2, 0.25) is 0 Å². The average molecular weight is 304 g/mol. The van der Waals surface area contributed by atoms with E-state index in [1.165, 1.54) is 12.1 Å². The standard InChI is InChI=1S/C15H20F4N2/c16-13-5-1-3-11(9-13)14(20)6-8-21-7-2-4-12(10-21)15(17,18)19/h1,3,5,9,12,14H,2,4,6-8,10,20H2. The lowest BCUT2D eigenvalue weighted by molar-refractivity contribution is -0.186. The Balaban J connectivity index is 1.85. The predicted octanol–water partition coefficient (Wildman–Crippen LogP) is 3.49. The molecule has 1 fully saturated rings. The van der Waals surface area contributed by atoms with Gasteiger partial charge in [-0.25, -0.2) is 4.39 Å². The minimum absolute atomic E-state index is 0.0410. The van der Waals surface area contributed by atoms with Crippen molar-refractivity contribution in [3.8, 4) is 0 Å². The van der Waals surface area contributed by atoms with Gasteiger partial charge in [-0.15, -0.1) is 0 Å². The van der Waals surface area contributed by atoms with Crippen LogP contribution in [0.4, 0.5) is 17.6 Å². The van der Waals surface area contributed by atoms with Crippen molar-refractivity contribution in [1.82, 2.24) is 4.90 Å². The molecule has 21 heavy (non-hydrogen) atoms. The zero-order chi connectivity index (χ0) is 15.5. The van der Waals surface area contributed by atoms with Crippen molar-refractivity contribution < 1.29 is 17.6 Å². The van der Waals surface area contributed by atoms with Crippen LogP contribution >= 0.6 is 0 Å². The van der Waals surface area contributed by atoms with Crippen molar-refractivity contribution in [3.63, 3.8) is 0 Å². The Morgan fingerprint density at radius 3 is 2.76 bits per heavy atom. The molecule has 0 spiro atoms. The van der Waals surface area contributed by atoms with Crippen LogP contribution in [0.1, 0.15) is 30.9 Å². The van der Waals surface area contributed by atoms with Gasteiger partial charge in [-0.05, 0) is 50.0 Å². The van der Waals surface area contributed by atoms with Crippen molar-refractivity contribution in [2.24, 2.45) is 11.7 Å². The van der Waals surface area contributed by atoms with Crippen LogP contribution < -0.4 is 5.73 Å². The molecule has 0 amide bonds. The van der Waals surface area contributed by atoms with Crippen LogP contribution in [-0.4, -0.2) is 30.7 Å². The topological polar surface area (TPSA) is 29.3 Å². The normalized spacial score (nSPS) is 22.2. The van der Waals surface area contributed by atoms with E-state index in [2.05, 4.69) is 0 Å². The summed E-state index contributed by atoms with van der Waals surface area (Å²) in [6.45, 7) is 1.21. The van der Waals surface area contributed by atoms with Crippen molar-refractivity contribution in [2.75, 3.05) is 19.6 Å². The third-order valence-electron chi connectivity index (χ3n) is 4.00. The van der Waals surface area contributed by atoms with Gasteiger partial charge in [0.15, 0.2) is 0 Å². The Morgan fingerprint density at radius 1 is 1.33 bits per heavy atom. The number of likely N-dealkylation sites (tertiary alicyclic amines) is 1. The summed E-state index contributed by atoms with van der Waals surface area (Å²) >= 11 is 0. The summed E-state index contributed by atoms with van der Waals surface area (Å²) in [6.07, 6.45) is -2.84. The van der Waals surface area contributed by atoms with Gasteiger partial charge in [0, 0.05) is 12.6 Å². The molecule has 1 aromatic rings. The second kappa shape index (κ2) is 6.75. The van der Waals surface area contributed by atoms with Crippen LogP contribution in [0.3, 0.4) is 0 Å². The molecular weight excluding hydrogens is 284 g/mol. The smallest absolute Gasteiger partial charge is 0.324 e. The van der Waals surface area contributed by atoms with Crippen LogP contribution in [0, 0.1) is 11.7 Å². The van der Waals surface area contributed by atoms with Crippen molar-refractivity contribution in [2.45, 2.75) is 31.5 Å². The molecule has 1 aromatic carbocycles. The second-order valence-corrected chi connectivity index (χ2v) is 5.63. The van der Waals surface area contributed by atoms with E-state index in [1.807, 2.05) is 0 Å². The molecule has 6 heteroatoms. The van der Waals surface area contributed by atoms with Crippen LogP contribution in [-0.2, 0) is 0 Å². The molecule has 2 nitrogen and oxygen atoms in total. The molecule has 1 saturated heterocycles. The number of rotatable bonds is 4. The minimum Gasteiger partial charge on any atom is -0.324 e. The molecular formula is C15H20F4N2. The highest BCUT2D eigenvalue weighted by Crippen LogP contribution is 2.33. The summed E-state index contributed by atoms with van der Waals surface area (Å²) < 4.78 is 51.3. The van der Waals surface area contributed by atoms with Gasteiger partial charge < -0.3 is 10.6 Å². The lowest BCUT2D eigenvalue weighted by atomic mass is 9.96. The highest BCUT2D eigenvalue weighted by Gasteiger charge is 2.41. The lowest BCUT2D eigenvalue weighted by Gasteiger charge is -2.34. The van der Waals surface area contributed by atoms with Crippen molar-refractivity contribution >= 4 is 0 Å². The first kappa shape index (κ1) is 16.2. The van der Waals surface area contributed by atoms with Gasteiger partial charge in [-0.1, -0.05) is 12.1 Å². The number of benzene rings is 1. The number of halogens is 4. The van der Waals surface area contributed by atoms with Crippen LogP contribution in [0.5, 0.6) is 0 Å². The van der Waals surface area contributed by atoms with E-state index in [1.54, 1.807) is 17.0 Å². The predicted molar refractivity (Wildman–Crippen MR) is 73.2 cm³/mol. The van der Waals surface area contributed by atoms with E-state index in [-0.39, 0.29) is 24.8 Å². The van der Waals surface area contributed by atoms with E-state index in [0.717, 1.165) is 0 Å². The van der Waals surface area contributed by atoms with Gasteiger partial charge in [-0.2, -0.15) is 13.2 Å². The van der Waals surface area contributed by atoms with Crippen LogP contribution in [0.25, 0.3) is 0 Å². The Bertz CT molecular complexity index is 461. The van der Waals surface area contributed by atoms with Gasteiger partial charge in [0.2, 0.25) is 0 Å². The molecule has 2 N–H and O–H groups in total. The van der Waals surface area contributed by atoms with Gasteiger partial charge in [-0.3, -0.25) is 0 Å². The van der Waals surface area contributed by atoms with Crippen LogP contribution in [0.15, 0.2) is 24.3 Å². The van der Waals surface area contributed by atoms with E-state index < -0.39 is 12.1 Å². The van der Waals surface area contributed by atoms with E-state index in [0.29, 0.717) is 31.5 Å². The summed E-state index contributed by atoms with van der Waals surface area (Å²) in [6, 6.07) is 5.69. The average Bonchev–Trinajstić information content (AvgIpc) is 2.44. The molecule has 0 aromatic heterocycles. The molecule has 1 aliphatic heterocycles. The Hall–Kier alpha value is -1.14. The molecule has 0 bridgehead atoms. The summed E-state index contributed by atoms with van der Waals surface area (Å²) in [7, 11) is 0. The summed E-state index contributed by atoms with van der Waals surface area (Å²) in [5.41, 5.74) is 6.67. The maximum absolute atomic E-state index is 13.1. The minimum atomic E-state index is -4.12. The fourth-order valence-corrected chi connectivity index (χ4v) is 2.75.